The number of aliphatic carboxylic acids is 4. The Hall–Kier alpha value is -6.86. The predicted octanol–water partition coefficient (Wildman–Crippen LogP) is 3.43. The zero-order valence-corrected chi connectivity index (χ0v) is 43.8. The molecule has 3 amide bonds. The van der Waals surface area contributed by atoms with Gasteiger partial charge in [0.15, 0.2) is 5.69 Å². The third-order valence-corrected chi connectivity index (χ3v) is 13.7. The molecule has 6 N–H and O–H groups in total. The monoisotopic (exact) mass is 1090 g/mol. The number of nitrogens with zero attached hydrogens (tertiary/aromatic N) is 7. The van der Waals surface area contributed by atoms with Gasteiger partial charge >= 0.3 is 23.9 Å². The molecule has 0 spiro atoms. The second-order valence-corrected chi connectivity index (χ2v) is 20.2. The van der Waals surface area contributed by atoms with Crippen molar-refractivity contribution in [1.82, 2.24) is 39.6 Å². The summed E-state index contributed by atoms with van der Waals surface area (Å²) >= 11 is 13.0. The summed E-state index contributed by atoms with van der Waals surface area (Å²) in [5.74, 6) is -5.32. The third kappa shape index (κ3) is 14.7. The number of carbonyl (C=O) groups is 7. The molecule has 2 saturated heterocycles. The predicted molar refractivity (Wildman–Crippen MR) is 277 cm³/mol. The molecule has 7 rings (SSSR count). The largest absolute Gasteiger partial charge is 0.496 e. The lowest BCUT2D eigenvalue weighted by atomic mass is 9.95. The van der Waals surface area contributed by atoms with Crippen LogP contribution in [0.15, 0.2) is 54.6 Å². The van der Waals surface area contributed by atoms with Crippen LogP contribution in [-0.2, 0) is 40.1 Å². The van der Waals surface area contributed by atoms with Crippen LogP contribution in [0.25, 0.3) is 28.1 Å². The second kappa shape index (κ2) is 25.3. The van der Waals surface area contributed by atoms with Crippen LogP contribution in [0.2, 0.25) is 10.0 Å². The Labute approximate surface area is 447 Å². The van der Waals surface area contributed by atoms with Crippen molar-refractivity contribution in [2.75, 3.05) is 111 Å². The summed E-state index contributed by atoms with van der Waals surface area (Å²) in [5.41, 5.74) is 3.33. The average molecular weight is 1100 g/mol. The lowest BCUT2D eigenvalue weighted by Crippen LogP contribution is -2.55. The van der Waals surface area contributed by atoms with E-state index in [1.165, 1.54) is 7.11 Å². The van der Waals surface area contributed by atoms with E-state index in [0.29, 0.717) is 80.6 Å². The number of hydrogen-bond donors (Lipinski definition) is 6. The summed E-state index contributed by atoms with van der Waals surface area (Å²) in [6.45, 7) is 4.93. The number of carboxylic acid groups (broad SMARTS) is 4. The molecular weight excluding hydrogens is 1030 g/mol. The Bertz CT molecular complexity index is 2790. The van der Waals surface area contributed by atoms with Crippen LogP contribution in [0.3, 0.4) is 0 Å². The number of nitrogens with one attached hydrogen (secondary N) is 2. The number of aromatic nitrogens is 2. The summed E-state index contributed by atoms with van der Waals surface area (Å²) in [6, 6.07) is 14.0. The van der Waals surface area contributed by atoms with E-state index in [1.807, 2.05) is 26.0 Å². The number of carboxylic acids is 4. The van der Waals surface area contributed by atoms with Crippen LogP contribution >= 0.6 is 23.2 Å². The van der Waals surface area contributed by atoms with E-state index in [9.17, 15) is 54.0 Å². The highest BCUT2D eigenvalue weighted by molar-refractivity contribution is 6.34. The molecular formula is C51H61Cl2N9O14. The number of anilines is 1. The highest BCUT2D eigenvalue weighted by Gasteiger charge is 2.39. The van der Waals surface area contributed by atoms with Crippen molar-refractivity contribution in [3.05, 3.63) is 75.9 Å². The fourth-order valence-corrected chi connectivity index (χ4v) is 9.92. The van der Waals surface area contributed by atoms with Gasteiger partial charge in [0.1, 0.15) is 24.1 Å². The first-order chi connectivity index (χ1) is 36.2. The van der Waals surface area contributed by atoms with Gasteiger partial charge in [-0.1, -0.05) is 35.3 Å². The maximum atomic E-state index is 14.4. The fraction of sp³-hybridized carbons (Fsp3) is 0.451. The van der Waals surface area contributed by atoms with Gasteiger partial charge in [0.05, 0.1) is 63.4 Å². The first kappa shape index (κ1) is 56.9. The van der Waals surface area contributed by atoms with Gasteiger partial charge in [-0.05, 0) is 62.2 Å². The summed E-state index contributed by atoms with van der Waals surface area (Å²) < 4.78 is 19.5. The highest BCUT2D eigenvalue weighted by Crippen LogP contribution is 2.47. The molecule has 0 unspecified atom stereocenters. The van der Waals surface area contributed by atoms with Gasteiger partial charge in [0.25, 0.3) is 5.91 Å². The summed E-state index contributed by atoms with van der Waals surface area (Å²) in [4.78, 5) is 97.0. The number of rotatable bonds is 18. The van der Waals surface area contributed by atoms with E-state index < -0.39 is 47.3 Å². The zero-order chi connectivity index (χ0) is 54.8. The van der Waals surface area contributed by atoms with Gasteiger partial charge < -0.3 is 50.2 Å². The van der Waals surface area contributed by atoms with Crippen molar-refractivity contribution in [1.29, 1.82) is 0 Å². The summed E-state index contributed by atoms with van der Waals surface area (Å²) in [6.07, 6.45) is -0.584. The van der Waals surface area contributed by atoms with Crippen LogP contribution < -0.4 is 20.1 Å². The first-order valence-electron chi connectivity index (χ1n) is 24.5. The number of fused-ring (bicyclic) bond motifs is 3. The van der Waals surface area contributed by atoms with E-state index in [2.05, 4.69) is 10.6 Å². The molecule has 23 nitrogen and oxygen atoms in total. The van der Waals surface area contributed by atoms with Crippen molar-refractivity contribution in [3.63, 3.8) is 0 Å². The molecule has 0 saturated carbocycles. The fourth-order valence-electron chi connectivity index (χ4n) is 9.41. The third-order valence-electron chi connectivity index (χ3n) is 13.2. The molecule has 3 aliphatic rings. The molecule has 4 heterocycles. The molecule has 4 aromatic rings. The van der Waals surface area contributed by atoms with Crippen LogP contribution in [0.4, 0.5) is 5.69 Å². The summed E-state index contributed by atoms with van der Waals surface area (Å²) in [7, 11) is 1.51. The van der Waals surface area contributed by atoms with Crippen molar-refractivity contribution in [2.24, 2.45) is 0 Å². The topological polar surface area (TPSA) is 286 Å². The lowest BCUT2D eigenvalue weighted by Gasteiger charge is -2.41. The Kier molecular flexibility index (Phi) is 18.9. The Morgan fingerprint density at radius 2 is 1.32 bits per heavy atom. The molecule has 1 aromatic heterocycles. The Balaban J connectivity index is 1.06. The molecule has 25 heteroatoms. The summed E-state index contributed by atoms with van der Waals surface area (Å²) in [5, 5.41) is 49.6. The van der Waals surface area contributed by atoms with Crippen LogP contribution in [0, 0.1) is 0 Å². The van der Waals surface area contributed by atoms with Gasteiger partial charge in [0.2, 0.25) is 11.8 Å². The minimum atomic E-state index is -1.47. The molecule has 2 fully saturated rings. The number of carbonyl (C=O) groups excluding carboxylic acids is 3. The van der Waals surface area contributed by atoms with Gasteiger partial charge in [0, 0.05) is 104 Å². The molecule has 408 valence electrons. The number of morpholine rings is 1. The van der Waals surface area contributed by atoms with Crippen molar-refractivity contribution < 1.29 is 68.2 Å². The molecule has 0 radical (unpaired) electrons. The lowest BCUT2D eigenvalue weighted by molar-refractivity contribution is -0.142. The first-order valence-corrected chi connectivity index (χ1v) is 25.2. The average Bonchev–Trinajstić information content (AvgIpc) is 3.77. The molecule has 3 aromatic carbocycles. The maximum Gasteiger partial charge on any atom is 0.326 e. The number of benzene rings is 3. The SMILES string of the molecule is COc1cc2c(cc1-c1cccc(NC(=O)CC[C@@H](NC(=O)CN3CCN(CC(=O)O)CCN(CC(=O)O)CCN(CC(=O)O)CC3)C(=O)O)c1)-c1c(c(C(=O)N3CCOCC3(C)C)nn1-c1cc(Cl)cc(Cl)c1)CO2. The van der Waals surface area contributed by atoms with E-state index in [0.717, 1.165) is 0 Å². The minimum Gasteiger partial charge on any atom is -0.496 e. The highest BCUT2D eigenvalue weighted by atomic mass is 35.5. The molecule has 3 aliphatic heterocycles. The Morgan fingerprint density at radius 1 is 0.737 bits per heavy atom. The van der Waals surface area contributed by atoms with Gasteiger partial charge in [-0.25, -0.2) is 9.48 Å². The minimum absolute atomic E-state index is 0.0144. The molecule has 0 bridgehead atoms. The quantitative estimate of drug-likeness (QED) is 0.0832. The molecule has 1 atom stereocenters. The van der Waals surface area contributed by atoms with Crippen LogP contribution in [0.1, 0.15) is 42.7 Å². The van der Waals surface area contributed by atoms with Crippen molar-refractivity contribution in [2.45, 2.75) is 44.9 Å². The second-order valence-electron chi connectivity index (χ2n) is 19.3. The number of methoxy groups -OCH3 is 1. The van der Waals surface area contributed by atoms with Crippen molar-refractivity contribution >= 4 is 70.5 Å². The zero-order valence-electron chi connectivity index (χ0n) is 42.3. The Morgan fingerprint density at radius 3 is 1.86 bits per heavy atom. The number of ether oxygens (including phenoxy) is 3. The normalized spacial score (nSPS) is 17.1. The van der Waals surface area contributed by atoms with E-state index >= 15 is 0 Å². The van der Waals surface area contributed by atoms with Gasteiger partial charge in [-0.3, -0.25) is 48.4 Å². The smallest absolute Gasteiger partial charge is 0.326 e. The standard InChI is InChI=1S/C51H61Cl2N9O14/c1-51(2)30-75-18-17-61(51)49(71)47-38-29-76-41-24-40(74-3)36(23-37(41)48(38)62(56-47)35-21-32(52)20-33(53)22-35)31-5-4-6-34(19-31)54-42(63)8-7-39(50(72)73)55-43(64)25-57-9-11-58(26-44(65)66)13-15-60(28-46(69)70)16-14-59(12-10-57)27-45(67)68/h4-6,19-24,39H,7-18,25-30H2,1-3H3,(H,54,63)(H,55,64)(H,65,66)(H,67,68)(H,69,70)(H,72,73)/t39-/m1/s1. The number of amides is 3. The molecule has 76 heavy (non-hydrogen) atoms. The van der Waals surface area contributed by atoms with Crippen LogP contribution in [-0.4, -0.2) is 213 Å². The van der Waals surface area contributed by atoms with Crippen LogP contribution in [0.5, 0.6) is 11.5 Å². The van der Waals surface area contributed by atoms with E-state index in [4.69, 9.17) is 42.5 Å². The molecule has 0 aliphatic carbocycles. The van der Waals surface area contributed by atoms with Gasteiger partial charge in [-0.2, -0.15) is 5.10 Å². The van der Waals surface area contributed by atoms with E-state index in [1.54, 1.807) is 71.6 Å². The van der Waals surface area contributed by atoms with E-state index in [-0.39, 0.29) is 110 Å². The number of halogens is 2. The van der Waals surface area contributed by atoms with Crippen molar-refractivity contribution in [3.8, 4) is 39.6 Å². The number of hydrogen-bond acceptors (Lipinski definition) is 15. The maximum absolute atomic E-state index is 14.4. The van der Waals surface area contributed by atoms with Gasteiger partial charge in [-0.15, -0.1) is 0 Å².